The summed E-state index contributed by atoms with van der Waals surface area (Å²) in [7, 11) is 0. The van der Waals surface area contributed by atoms with Crippen LogP contribution in [0.4, 0.5) is 0 Å². The fourth-order valence-electron chi connectivity index (χ4n) is 1.33. The van der Waals surface area contributed by atoms with Gasteiger partial charge in [-0.3, -0.25) is 9.69 Å². The minimum Gasteiger partial charge on any atom is -0.380 e. The van der Waals surface area contributed by atoms with Crippen LogP contribution in [0.3, 0.4) is 0 Å². The molecular weight excluding hydrogens is 156 g/mol. The lowest BCUT2D eigenvalue weighted by molar-refractivity contribution is -0.122. The van der Waals surface area contributed by atoms with E-state index in [9.17, 15) is 4.79 Å². The second-order valence-electron chi connectivity index (χ2n) is 3.08. The third-order valence-electron chi connectivity index (χ3n) is 2.22. The Bertz CT molecular complexity index is 153. The first-order valence-electron chi connectivity index (χ1n) is 4.33. The molecule has 1 fully saturated rings. The lowest BCUT2D eigenvalue weighted by atomic mass is 10.2. The zero-order chi connectivity index (χ0) is 8.97. The van der Waals surface area contributed by atoms with Gasteiger partial charge in [-0.15, -0.1) is 0 Å². The van der Waals surface area contributed by atoms with Crippen LogP contribution in [0.15, 0.2) is 0 Å². The summed E-state index contributed by atoms with van der Waals surface area (Å²) in [5, 5.41) is 0. The molecule has 1 heterocycles. The predicted molar refractivity (Wildman–Crippen MR) is 45.7 cm³/mol. The molecule has 0 radical (unpaired) electrons. The van der Waals surface area contributed by atoms with Crippen LogP contribution in [0.1, 0.15) is 13.3 Å². The predicted octanol–water partition coefficient (Wildman–Crippen LogP) is -0.417. The average Bonchev–Trinajstić information content (AvgIpc) is 2.30. The van der Waals surface area contributed by atoms with E-state index in [0.717, 1.165) is 26.1 Å². The number of primary amides is 1. The number of amides is 1. The van der Waals surface area contributed by atoms with Crippen molar-refractivity contribution in [2.45, 2.75) is 19.4 Å². The molecule has 70 valence electrons. The number of hydrogen-bond acceptors (Lipinski definition) is 3. The van der Waals surface area contributed by atoms with Crippen molar-refractivity contribution in [3.05, 3.63) is 0 Å². The summed E-state index contributed by atoms with van der Waals surface area (Å²) in [6, 6.07) is -0.160. The van der Waals surface area contributed by atoms with E-state index in [1.807, 2.05) is 6.92 Å². The smallest absolute Gasteiger partial charge is 0.234 e. The number of carbonyl (C=O) groups is 1. The van der Waals surface area contributed by atoms with E-state index in [4.69, 9.17) is 10.5 Å². The highest BCUT2D eigenvalue weighted by molar-refractivity contribution is 5.79. The van der Waals surface area contributed by atoms with E-state index in [1.165, 1.54) is 0 Å². The Morgan fingerprint density at radius 2 is 2.25 bits per heavy atom. The van der Waals surface area contributed by atoms with Gasteiger partial charge in [0, 0.05) is 19.7 Å². The van der Waals surface area contributed by atoms with Crippen LogP contribution in [-0.2, 0) is 9.53 Å². The van der Waals surface area contributed by atoms with Gasteiger partial charge in [0.2, 0.25) is 5.91 Å². The summed E-state index contributed by atoms with van der Waals surface area (Å²) >= 11 is 0. The normalized spacial score (nSPS) is 23.1. The molecule has 1 aliphatic heterocycles. The Morgan fingerprint density at radius 1 is 1.50 bits per heavy atom. The van der Waals surface area contributed by atoms with Crippen molar-refractivity contribution in [3.63, 3.8) is 0 Å². The van der Waals surface area contributed by atoms with Crippen LogP contribution in [-0.4, -0.2) is 43.2 Å². The first-order chi connectivity index (χ1) is 5.72. The number of ether oxygens (including phenoxy) is 1. The molecular formula is C8H16N2O2. The molecule has 4 nitrogen and oxygen atoms in total. The van der Waals surface area contributed by atoms with E-state index in [2.05, 4.69) is 4.90 Å². The van der Waals surface area contributed by atoms with Crippen LogP contribution in [0.2, 0.25) is 0 Å². The molecule has 1 unspecified atom stereocenters. The van der Waals surface area contributed by atoms with E-state index >= 15 is 0 Å². The highest BCUT2D eigenvalue weighted by Crippen LogP contribution is 2.03. The van der Waals surface area contributed by atoms with Gasteiger partial charge in [0.25, 0.3) is 0 Å². The van der Waals surface area contributed by atoms with E-state index in [0.29, 0.717) is 6.61 Å². The van der Waals surface area contributed by atoms with Gasteiger partial charge in [-0.05, 0) is 13.3 Å². The number of carbonyl (C=O) groups excluding carboxylic acids is 1. The van der Waals surface area contributed by atoms with Gasteiger partial charge in [-0.2, -0.15) is 0 Å². The number of hydrogen-bond donors (Lipinski definition) is 1. The molecule has 1 aliphatic rings. The number of rotatable bonds is 2. The van der Waals surface area contributed by atoms with E-state index in [1.54, 1.807) is 0 Å². The van der Waals surface area contributed by atoms with Gasteiger partial charge in [0.1, 0.15) is 0 Å². The van der Waals surface area contributed by atoms with Crippen molar-refractivity contribution in [2.24, 2.45) is 5.73 Å². The minimum absolute atomic E-state index is 0.160. The molecule has 12 heavy (non-hydrogen) atoms. The molecule has 0 aromatic carbocycles. The largest absolute Gasteiger partial charge is 0.380 e. The van der Waals surface area contributed by atoms with Gasteiger partial charge in [-0.25, -0.2) is 0 Å². The van der Waals surface area contributed by atoms with Crippen molar-refractivity contribution >= 4 is 5.91 Å². The Labute approximate surface area is 72.7 Å². The summed E-state index contributed by atoms with van der Waals surface area (Å²) in [6.07, 6.45) is 0.984. The van der Waals surface area contributed by atoms with Gasteiger partial charge in [0.05, 0.1) is 12.6 Å². The van der Waals surface area contributed by atoms with Crippen molar-refractivity contribution in [1.29, 1.82) is 0 Å². The summed E-state index contributed by atoms with van der Waals surface area (Å²) in [6.45, 7) is 5.06. The third-order valence-corrected chi connectivity index (χ3v) is 2.22. The molecule has 0 saturated carbocycles. The van der Waals surface area contributed by atoms with E-state index < -0.39 is 0 Å². The van der Waals surface area contributed by atoms with Gasteiger partial charge < -0.3 is 10.5 Å². The standard InChI is InChI=1S/C8H16N2O2/c1-7(8(9)11)10-3-2-5-12-6-4-10/h7H,2-6H2,1H3,(H2,9,11). The van der Waals surface area contributed by atoms with Crippen LogP contribution >= 0.6 is 0 Å². The molecule has 2 N–H and O–H groups in total. The van der Waals surface area contributed by atoms with Crippen LogP contribution in [0.25, 0.3) is 0 Å². The number of nitrogens with zero attached hydrogens (tertiary/aromatic N) is 1. The molecule has 1 amide bonds. The van der Waals surface area contributed by atoms with Crippen LogP contribution < -0.4 is 5.73 Å². The molecule has 0 spiro atoms. The SMILES string of the molecule is CC(C(N)=O)N1CCCOCC1. The molecule has 0 bridgehead atoms. The molecule has 4 heteroatoms. The number of nitrogens with two attached hydrogens (primary N) is 1. The monoisotopic (exact) mass is 172 g/mol. The third kappa shape index (κ3) is 2.46. The van der Waals surface area contributed by atoms with Crippen molar-refractivity contribution in [2.75, 3.05) is 26.3 Å². The first-order valence-corrected chi connectivity index (χ1v) is 4.33. The summed E-state index contributed by atoms with van der Waals surface area (Å²) in [4.78, 5) is 12.9. The molecule has 1 rings (SSSR count). The summed E-state index contributed by atoms with van der Waals surface area (Å²) in [5.41, 5.74) is 5.20. The average molecular weight is 172 g/mol. The molecule has 0 aliphatic carbocycles. The van der Waals surface area contributed by atoms with Crippen LogP contribution in [0, 0.1) is 0 Å². The quantitative estimate of drug-likeness (QED) is 0.615. The maximum atomic E-state index is 10.9. The Hall–Kier alpha value is -0.610. The second kappa shape index (κ2) is 4.42. The van der Waals surface area contributed by atoms with Gasteiger partial charge >= 0.3 is 0 Å². The maximum Gasteiger partial charge on any atom is 0.234 e. The molecule has 1 atom stereocenters. The Morgan fingerprint density at radius 3 is 2.92 bits per heavy atom. The van der Waals surface area contributed by atoms with Crippen molar-refractivity contribution in [1.82, 2.24) is 4.90 Å². The second-order valence-corrected chi connectivity index (χ2v) is 3.08. The van der Waals surface area contributed by atoms with Gasteiger partial charge in [-0.1, -0.05) is 0 Å². The van der Waals surface area contributed by atoms with E-state index in [-0.39, 0.29) is 11.9 Å². The van der Waals surface area contributed by atoms with Crippen LogP contribution in [0.5, 0.6) is 0 Å². The highest BCUT2D eigenvalue weighted by atomic mass is 16.5. The van der Waals surface area contributed by atoms with Crippen molar-refractivity contribution < 1.29 is 9.53 Å². The zero-order valence-corrected chi connectivity index (χ0v) is 7.45. The molecule has 0 aromatic heterocycles. The fourth-order valence-corrected chi connectivity index (χ4v) is 1.33. The lowest BCUT2D eigenvalue weighted by Gasteiger charge is -2.23. The zero-order valence-electron chi connectivity index (χ0n) is 7.45. The topological polar surface area (TPSA) is 55.6 Å². The Kier molecular flexibility index (Phi) is 3.49. The summed E-state index contributed by atoms with van der Waals surface area (Å²) < 4.78 is 5.26. The minimum atomic E-state index is -0.253. The van der Waals surface area contributed by atoms with Crippen molar-refractivity contribution in [3.8, 4) is 0 Å². The highest BCUT2D eigenvalue weighted by Gasteiger charge is 2.19. The van der Waals surface area contributed by atoms with Gasteiger partial charge in [0.15, 0.2) is 0 Å². The first kappa shape index (κ1) is 9.48. The Balaban J connectivity index is 2.42. The fraction of sp³-hybridized carbons (Fsp3) is 0.875. The molecule has 0 aromatic rings. The maximum absolute atomic E-state index is 10.9. The summed E-state index contributed by atoms with van der Waals surface area (Å²) in [5.74, 6) is -0.253. The lowest BCUT2D eigenvalue weighted by Crippen LogP contribution is -2.43. The molecule has 1 saturated heterocycles.